The SMILES string of the molecule is O=C(NCCn1ncc2c(=O)n(Cc3cccc(C(F)(F)F)c3)cnc21)c1ccc2ccccc2n1. The minimum Gasteiger partial charge on any atom is -0.349 e. The van der Waals surface area contributed by atoms with E-state index in [-0.39, 0.29) is 36.6 Å². The Kier molecular flexibility index (Phi) is 5.96. The molecule has 0 saturated heterocycles. The summed E-state index contributed by atoms with van der Waals surface area (Å²) < 4.78 is 41.7. The predicted octanol–water partition coefficient (Wildman–Crippen LogP) is 3.64. The second kappa shape index (κ2) is 9.25. The van der Waals surface area contributed by atoms with Gasteiger partial charge in [0.05, 0.1) is 30.4 Å². The van der Waals surface area contributed by atoms with Gasteiger partial charge in [-0.1, -0.05) is 36.4 Å². The average Bonchev–Trinajstić information content (AvgIpc) is 3.28. The van der Waals surface area contributed by atoms with Gasteiger partial charge in [0.1, 0.15) is 17.4 Å². The number of fused-ring (bicyclic) bond motifs is 2. The number of halogens is 3. The molecule has 0 atom stereocenters. The Bertz CT molecular complexity index is 1640. The topological polar surface area (TPSA) is 94.7 Å². The molecule has 0 radical (unpaired) electrons. The van der Waals surface area contributed by atoms with Gasteiger partial charge in [0.2, 0.25) is 0 Å². The molecule has 3 aromatic heterocycles. The van der Waals surface area contributed by atoms with Gasteiger partial charge in [-0.15, -0.1) is 0 Å². The molecule has 8 nitrogen and oxygen atoms in total. The predicted molar refractivity (Wildman–Crippen MR) is 126 cm³/mol. The minimum absolute atomic E-state index is 0.0638. The number of aromatic nitrogens is 5. The molecule has 0 fully saturated rings. The largest absolute Gasteiger partial charge is 0.416 e. The molecule has 2 aromatic carbocycles. The molecule has 0 aliphatic rings. The fourth-order valence-electron chi connectivity index (χ4n) is 3.87. The summed E-state index contributed by atoms with van der Waals surface area (Å²) in [6.07, 6.45) is -1.83. The monoisotopic (exact) mass is 492 g/mol. The summed E-state index contributed by atoms with van der Waals surface area (Å²) in [4.78, 5) is 34.0. The average molecular weight is 492 g/mol. The number of nitrogens with zero attached hydrogens (tertiary/aromatic N) is 5. The lowest BCUT2D eigenvalue weighted by Crippen LogP contribution is -2.28. The molecule has 0 bridgehead atoms. The van der Waals surface area contributed by atoms with Crippen molar-refractivity contribution in [3.05, 3.63) is 100 Å². The van der Waals surface area contributed by atoms with E-state index in [1.165, 1.54) is 33.9 Å². The number of benzene rings is 2. The highest BCUT2D eigenvalue weighted by Gasteiger charge is 2.30. The first-order chi connectivity index (χ1) is 17.3. The minimum atomic E-state index is -4.47. The van der Waals surface area contributed by atoms with Crippen molar-refractivity contribution in [2.45, 2.75) is 19.3 Å². The molecule has 0 unspecified atom stereocenters. The summed E-state index contributed by atoms with van der Waals surface area (Å²) in [7, 11) is 0. The number of amides is 1. The third-order valence-corrected chi connectivity index (χ3v) is 5.67. The third kappa shape index (κ3) is 4.67. The van der Waals surface area contributed by atoms with Crippen LogP contribution in [0.4, 0.5) is 13.2 Å². The summed E-state index contributed by atoms with van der Waals surface area (Å²) in [5.74, 6) is -0.339. The first kappa shape index (κ1) is 23.2. The molecular weight excluding hydrogens is 473 g/mol. The van der Waals surface area contributed by atoms with E-state index in [2.05, 4.69) is 20.4 Å². The van der Waals surface area contributed by atoms with Crippen LogP contribution in [0, 0.1) is 0 Å². The van der Waals surface area contributed by atoms with E-state index >= 15 is 0 Å². The normalized spacial score (nSPS) is 11.8. The quantitative estimate of drug-likeness (QED) is 0.391. The number of carbonyl (C=O) groups excluding carboxylic acids is 1. The van der Waals surface area contributed by atoms with Gasteiger partial charge in [0, 0.05) is 11.9 Å². The molecule has 1 N–H and O–H groups in total. The van der Waals surface area contributed by atoms with Crippen LogP contribution in [0.15, 0.2) is 78.0 Å². The Morgan fingerprint density at radius 3 is 2.69 bits per heavy atom. The van der Waals surface area contributed by atoms with E-state index in [1.54, 1.807) is 6.07 Å². The number of rotatable bonds is 6. The van der Waals surface area contributed by atoms with Gasteiger partial charge >= 0.3 is 6.18 Å². The Hall–Kier alpha value is -4.54. The Labute approximate surface area is 202 Å². The van der Waals surface area contributed by atoms with Crippen LogP contribution in [0.5, 0.6) is 0 Å². The van der Waals surface area contributed by atoms with Crippen LogP contribution in [-0.4, -0.2) is 36.8 Å². The Balaban J connectivity index is 1.27. The molecule has 0 aliphatic heterocycles. The maximum atomic E-state index is 13.0. The van der Waals surface area contributed by atoms with Crippen molar-refractivity contribution in [3.8, 4) is 0 Å². The van der Waals surface area contributed by atoms with Crippen molar-refractivity contribution < 1.29 is 18.0 Å². The summed E-state index contributed by atoms with van der Waals surface area (Å²) in [5, 5.41) is 8.12. The number of pyridine rings is 1. The number of alkyl halides is 3. The van der Waals surface area contributed by atoms with Crippen LogP contribution in [0.2, 0.25) is 0 Å². The van der Waals surface area contributed by atoms with Gasteiger partial charge in [-0.05, 0) is 29.8 Å². The van der Waals surface area contributed by atoms with Crippen molar-refractivity contribution in [3.63, 3.8) is 0 Å². The van der Waals surface area contributed by atoms with Crippen LogP contribution in [0.1, 0.15) is 21.6 Å². The Morgan fingerprint density at radius 1 is 1.03 bits per heavy atom. The summed E-state index contributed by atoms with van der Waals surface area (Å²) in [5.41, 5.74) is 0.441. The lowest BCUT2D eigenvalue weighted by Gasteiger charge is -2.10. The van der Waals surface area contributed by atoms with Crippen molar-refractivity contribution in [1.29, 1.82) is 0 Å². The number of nitrogens with one attached hydrogen (secondary N) is 1. The van der Waals surface area contributed by atoms with Gasteiger partial charge in [-0.2, -0.15) is 18.3 Å². The lowest BCUT2D eigenvalue weighted by atomic mass is 10.1. The zero-order valence-corrected chi connectivity index (χ0v) is 18.7. The lowest BCUT2D eigenvalue weighted by molar-refractivity contribution is -0.137. The first-order valence-electron chi connectivity index (χ1n) is 11.0. The fourth-order valence-corrected chi connectivity index (χ4v) is 3.87. The second-order valence-electron chi connectivity index (χ2n) is 8.13. The van der Waals surface area contributed by atoms with Gasteiger partial charge in [0.15, 0.2) is 5.65 Å². The van der Waals surface area contributed by atoms with Crippen LogP contribution >= 0.6 is 0 Å². The summed E-state index contributed by atoms with van der Waals surface area (Å²) >= 11 is 0. The number of para-hydroxylation sites is 1. The fraction of sp³-hybridized carbons (Fsp3) is 0.160. The number of carbonyl (C=O) groups is 1. The molecule has 5 rings (SSSR count). The molecule has 5 aromatic rings. The third-order valence-electron chi connectivity index (χ3n) is 5.67. The van der Waals surface area contributed by atoms with E-state index in [0.717, 1.165) is 17.5 Å². The van der Waals surface area contributed by atoms with Crippen LogP contribution < -0.4 is 10.9 Å². The second-order valence-corrected chi connectivity index (χ2v) is 8.13. The molecule has 0 saturated carbocycles. The van der Waals surface area contributed by atoms with Gasteiger partial charge in [0.25, 0.3) is 11.5 Å². The summed E-state index contributed by atoms with van der Waals surface area (Å²) in [6.45, 7) is 0.414. The molecule has 0 aliphatic carbocycles. The molecule has 3 heterocycles. The highest BCUT2D eigenvalue weighted by Crippen LogP contribution is 2.29. The highest BCUT2D eigenvalue weighted by molar-refractivity contribution is 5.94. The molecule has 182 valence electrons. The maximum Gasteiger partial charge on any atom is 0.416 e. The van der Waals surface area contributed by atoms with Crippen molar-refractivity contribution in [2.75, 3.05) is 6.54 Å². The standard InChI is InChI=1S/C25H19F3N6O2/c26-25(27,28)18-6-3-4-16(12-18)14-33-15-30-22-19(24(33)36)13-31-34(22)11-10-29-23(35)21-9-8-17-5-1-2-7-20(17)32-21/h1-9,12-13,15H,10-11,14H2,(H,29,35). The smallest absolute Gasteiger partial charge is 0.349 e. The van der Waals surface area contributed by atoms with Crippen molar-refractivity contribution in [2.24, 2.45) is 0 Å². The van der Waals surface area contributed by atoms with Crippen molar-refractivity contribution >= 4 is 27.8 Å². The van der Waals surface area contributed by atoms with Crippen molar-refractivity contribution in [1.82, 2.24) is 29.6 Å². The van der Waals surface area contributed by atoms with Crippen LogP contribution in [-0.2, 0) is 19.3 Å². The highest BCUT2D eigenvalue weighted by atomic mass is 19.4. The van der Waals surface area contributed by atoms with Gasteiger partial charge < -0.3 is 5.32 Å². The maximum absolute atomic E-state index is 13.0. The van der Waals surface area contributed by atoms with E-state index in [0.29, 0.717) is 16.7 Å². The van der Waals surface area contributed by atoms with Gasteiger partial charge in [-0.3, -0.25) is 14.2 Å². The summed E-state index contributed by atoms with van der Waals surface area (Å²) in [6, 6.07) is 15.8. The van der Waals surface area contributed by atoms with E-state index in [9.17, 15) is 22.8 Å². The molecular formula is C25H19F3N6O2. The van der Waals surface area contributed by atoms with Crippen LogP contribution in [0.25, 0.3) is 21.9 Å². The molecule has 36 heavy (non-hydrogen) atoms. The number of hydrogen-bond acceptors (Lipinski definition) is 5. The van der Waals surface area contributed by atoms with E-state index in [1.807, 2.05) is 30.3 Å². The first-order valence-corrected chi connectivity index (χ1v) is 11.0. The van der Waals surface area contributed by atoms with E-state index in [4.69, 9.17) is 0 Å². The zero-order chi connectivity index (χ0) is 25.3. The van der Waals surface area contributed by atoms with E-state index < -0.39 is 17.3 Å². The molecule has 11 heteroatoms. The molecule has 1 amide bonds. The number of hydrogen-bond donors (Lipinski definition) is 1. The molecule has 0 spiro atoms. The van der Waals surface area contributed by atoms with Crippen LogP contribution in [0.3, 0.4) is 0 Å². The zero-order valence-electron chi connectivity index (χ0n) is 18.7. The van der Waals surface area contributed by atoms with Gasteiger partial charge in [-0.25, -0.2) is 14.6 Å². The Morgan fingerprint density at radius 2 is 1.86 bits per heavy atom.